The minimum absolute atomic E-state index is 0.129. The van der Waals surface area contributed by atoms with Crippen molar-refractivity contribution in [1.29, 1.82) is 0 Å². The van der Waals surface area contributed by atoms with Crippen molar-refractivity contribution in [3.8, 4) is 0 Å². The molecule has 2 aliphatic carbocycles. The van der Waals surface area contributed by atoms with Gasteiger partial charge in [-0.15, -0.1) is 0 Å². The van der Waals surface area contributed by atoms with Gasteiger partial charge in [-0.1, -0.05) is 52.0 Å². The number of esters is 1. The van der Waals surface area contributed by atoms with Crippen LogP contribution in [0, 0.1) is 17.8 Å². The standard InChI is InChI=1S/C25H43NO2/c1-3-4-5-8-21-9-11-22(12-10-21)23-13-15-24(16-14-23)28-25(27)20(2)19-26-17-6-7-18-26/h21-24H,2-19H2,1H3. The van der Waals surface area contributed by atoms with Crippen LogP contribution >= 0.6 is 0 Å². The van der Waals surface area contributed by atoms with E-state index in [2.05, 4.69) is 18.4 Å². The number of likely N-dealkylation sites (tertiary alicyclic amines) is 1. The van der Waals surface area contributed by atoms with E-state index in [-0.39, 0.29) is 12.1 Å². The zero-order valence-electron chi connectivity index (χ0n) is 18.3. The van der Waals surface area contributed by atoms with Crippen LogP contribution in [0.1, 0.15) is 96.8 Å². The molecule has 0 radical (unpaired) electrons. The zero-order valence-corrected chi connectivity index (χ0v) is 18.3. The minimum Gasteiger partial charge on any atom is -0.459 e. The van der Waals surface area contributed by atoms with E-state index >= 15 is 0 Å². The lowest BCUT2D eigenvalue weighted by Gasteiger charge is -2.37. The van der Waals surface area contributed by atoms with Crippen LogP contribution < -0.4 is 0 Å². The van der Waals surface area contributed by atoms with E-state index in [1.807, 2.05) is 0 Å². The van der Waals surface area contributed by atoms with Crippen molar-refractivity contribution >= 4 is 5.97 Å². The van der Waals surface area contributed by atoms with Gasteiger partial charge < -0.3 is 4.74 Å². The normalized spacial score (nSPS) is 31.6. The fourth-order valence-electron chi connectivity index (χ4n) is 5.82. The molecule has 1 saturated heterocycles. The Morgan fingerprint density at radius 3 is 2.14 bits per heavy atom. The van der Waals surface area contributed by atoms with Crippen molar-refractivity contribution in [2.24, 2.45) is 17.8 Å². The first-order valence-corrected chi connectivity index (χ1v) is 12.3. The van der Waals surface area contributed by atoms with E-state index in [1.165, 1.54) is 77.0 Å². The Labute approximate surface area is 173 Å². The van der Waals surface area contributed by atoms with Gasteiger partial charge in [0.15, 0.2) is 0 Å². The Kier molecular flexibility index (Phi) is 8.89. The quantitative estimate of drug-likeness (QED) is 0.270. The first-order chi connectivity index (χ1) is 13.7. The van der Waals surface area contributed by atoms with E-state index in [0.29, 0.717) is 12.1 Å². The molecule has 3 rings (SSSR count). The molecule has 3 aliphatic rings. The Bertz CT molecular complexity index is 481. The SMILES string of the molecule is C=C(CN1CCCC1)C(=O)OC1CCC(C2CCC(CCCCC)CC2)CC1. The summed E-state index contributed by atoms with van der Waals surface area (Å²) >= 11 is 0. The molecule has 3 fully saturated rings. The molecule has 0 atom stereocenters. The van der Waals surface area contributed by atoms with E-state index in [4.69, 9.17) is 4.74 Å². The molecular formula is C25H43NO2. The number of carbonyl (C=O) groups is 1. The number of rotatable bonds is 9. The monoisotopic (exact) mass is 389 g/mol. The van der Waals surface area contributed by atoms with Gasteiger partial charge in [-0.05, 0) is 82.2 Å². The summed E-state index contributed by atoms with van der Waals surface area (Å²) in [6.07, 6.45) is 18.7. The van der Waals surface area contributed by atoms with Crippen LogP contribution in [0.3, 0.4) is 0 Å². The Morgan fingerprint density at radius 1 is 0.929 bits per heavy atom. The van der Waals surface area contributed by atoms with Gasteiger partial charge >= 0.3 is 5.97 Å². The molecule has 1 aliphatic heterocycles. The predicted molar refractivity (Wildman–Crippen MR) is 116 cm³/mol. The summed E-state index contributed by atoms with van der Waals surface area (Å²) in [5.74, 6) is 2.66. The van der Waals surface area contributed by atoms with E-state index in [9.17, 15) is 4.79 Å². The molecule has 0 aromatic rings. The molecule has 0 spiro atoms. The summed E-state index contributed by atoms with van der Waals surface area (Å²) in [4.78, 5) is 14.7. The third kappa shape index (κ3) is 6.61. The molecule has 0 N–H and O–H groups in total. The van der Waals surface area contributed by atoms with Crippen LogP contribution in [0.5, 0.6) is 0 Å². The molecule has 28 heavy (non-hydrogen) atoms. The van der Waals surface area contributed by atoms with Crippen LogP contribution in [0.4, 0.5) is 0 Å². The summed E-state index contributed by atoms with van der Waals surface area (Å²) < 4.78 is 5.81. The summed E-state index contributed by atoms with van der Waals surface area (Å²) in [5, 5.41) is 0. The largest absolute Gasteiger partial charge is 0.459 e. The van der Waals surface area contributed by atoms with Gasteiger partial charge in [0.25, 0.3) is 0 Å². The number of unbranched alkanes of at least 4 members (excludes halogenated alkanes) is 2. The highest BCUT2D eigenvalue weighted by atomic mass is 16.5. The van der Waals surface area contributed by atoms with Gasteiger partial charge in [0.1, 0.15) is 6.10 Å². The lowest BCUT2D eigenvalue weighted by atomic mass is 9.70. The lowest BCUT2D eigenvalue weighted by molar-refractivity contribution is -0.146. The minimum atomic E-state index is -0.150. The smallest absolute Gasteiger partial charge is 0.334 e. The second kappa shape index (κ2) is 11.4. The average Bonchev–Trinajstić information content (AvgIpc) is 3.22. The Balaban J connectivity index is 1.31. The molecule has 0 aromatic heterocycles. The molecular weight excluding hydrogens is 346 g/mol. The first kappa shape index (κ1) is 21.9. The van der Waals surface area contributed by atoms with Gasteiger partial charge in [0.05, 0.1) is 0 Å². The van der Waals surface area contributed by atoms with Crippen molar-refractivity contribution in [2.75, 3.05) is 19.6 Å². The van der Waals surface area contributed by atoms with Crippen molar-refractivity contribution in [1.82, 2.24) is 4.90 Å². The first-order valence-electron chi connectivity index (χ1n) is 12.3. The second-order valence-corrected chi connectivity index (χ2v) is 9.81. The van der Waals surface area contributed by atoms with Crippen LogP contribution in [0.2, 0.25) is 0 Å². The highest BCUT2D eigenvalue weighted by Gasteiger charge is 2.32. The lowest BCUT2D eigenvalue weighted by Crippen LogP contribution is -2.31. The number of carbonyl (C=O) groups excluding carboxylic acids is 1. The maximum Gasteiger partial charge on any atom is 0.334 e. The topological polar surface area (TPSA) is 29.5 Å². The molecule has 0 amide bonds. The fraction of sp³-hybridized carbons (Fsp3) is 0.880. The fourth-order valence-corrected chi connectivity index (χ4v) is 5.82. The molecule has 1 heterocycles. The number of ether oxygens (including phenoxy) is 1. The van der Waals surface area contributed by atoms with Crippen molar-refractivity contribution in [3.63, 3.8) is 0 Å². The Hall–Kier alpha value is -0.830. The van der Waals surface area contributed by atoms with E-state index < -0.39 is 0 Å². The van der Waals surface area contributed by atoms with E-state index in [1.54, 1.807) is 0 Å². The zero-order chi connectivity index (χ0) is 19.8. The molecule has 3 nitrogen and oxygen atoms in total. The Morgan fingerprint density at radius 2 is 1.54 bits per heavy atom. The molecule has 2 saturated carbocycles. The van der Waals surface area contributed by atoms with Crippen LogP contribution in [-0.4, -0.2) is 36.6 Å². The molecule has 0 bridgehead atoms. The summed E-state index contributed by atoms with van der Waals surface area (Å²) in [5.41, 5.74) is 0.644. The number of hydrogen-bond donors (Lipinski definition) is 0. The molecule has 160 valence electrons. The van der Waals surface area contributed by atoms with Gasteiger partial charge in [-0.25, -0.2) is 4.79 Å². The van der Waals surface area contributed by atoms with Crippen molar-refractivity contribution < 1.29 is 9.53 Å². The third-order valence-electron chi connectivity index (χ3n) is 7.67. The molecule has 0 unspecified atom stereocenters. The van der Waals surface area contributed by atoms with Gasteiger partial charge in [-0.2, -0.15) is 0 Å². The van der Waals surface area contributed by atoms with Gasteiger partial charge in [0.2, 0.25) is 0 Å². The van der Waals surface area contributed by atoms with Gasteiger partial charge in [0, 0.05) is 12.1 Å². The van der Waals surface area contributed by atoms with Crippen LogP contribution in [0.25, 0.3) is 0 Å². The summed E-state index contributed by atoms with van der Waals surface area (Å²) in [7, 11) is 0. The van der Waals surface area contributed by atoms with Crippen molar-refractivity contribution in [3.05, 3.63) is 12.2 Å². The van der Waals surface area contributed by atoms with Crippen LogP contribution in [0.15, 0.2) is 12.2 Å². The molecule has 0 aromatic carbocycles. The maximum absolute atomic E-state index is 12.4. The second-order valence-electron chi connectivity index (χ2n) is 9.81. The average molecular weight is 390 g/mol. The highest BCUT2D eigenvalue weighted by Crippen LogP contribution is 2.41. The van der Waals surface area contributed by atoms with Crippen molar-refractivity contribution in [2.45, 2.75) is 103 Å². The van der Waals surface area contributed by atoms with E-state index in [0.717, 1.165) is 43.7 Å². The predicted octanol–water partition coefficient (Wildman–Crippen LogP) is 6.13. The summed E-state index contributed by atoms with van der Waals surface area (Å²) in [6.45, 7) is 9.17. The van der Waals surface area contributed by atoms with Gasteiger partial charge in [-0.3, -0.25) is 4.90 Å². The maximum atomic E-state index is 12.4. The summed E-state index contributed by atoms with van der Waals surface area (Å²) in [6, 6.07) is 0. The van der Waals surface area contributed by atoms with Crippen LogP contribution in [-0.2, 0) is 9.53 Å². The molecule has 3 heteroatoms. The highest BCUT2D eigenvalue weighted by molar-refractivity contribution is 5.88. The third-order valence-corrected chi connectivity index (χ3v) is 7.67. The number of hydrogen-bond acceptors (Lipinski definition) is 3. The number of nitrogens with zero attached hydrogens (tertiary/aromatic N) is 1.